The number of hydrogen-bond acceptors (Lipinski definition) is 1. The van der Waals surface area contributed by atoms with Crippen molar-refractivity contribution in [1.82, 2.24) is 4.98 Å². The molecule has 376 valence electrons. The minimum Gasteiger partial charge on any atom is -0.248 e. The van der Waals surface area contributed by atoms with Gasteiger partial charge in [0.25, 0.3) is 0 Å². The fraction of sp³-hybridized carbons (Fsp3) is 0.213. The molecule has 0 N–H and O–H groups in total. The predicted molar refractivity (Wildman–Crippen MR) is 329 cm³/mol. The lowest BCUT2D eigenvalue weighted by molar-refractivity contribution is 0.590. The lowest BCUT2D eigenvalue weighted by Crippen LogP contribution is -2.10. The van der Waals surface area contributed by atoms with Crippen LogP contribution in [0.2, 0.25) is 0 Å². The van der Waals surface area contributed by atoms with Crippen molar-refractivity contribution in [1.29, 1.82) is 0 Å². The standard InChI is InChI=1S/C75H71N/c1-72(2,3)65-29-21-48(22-30-65)56-38-57(49-23-31-66(32-24-49)73(4,5)6)41-61(40-56)63-44-60(53-16-13-17-54(37-53)70-47-55-20-19-52-15-14-18-69(76-70)71(52)55)45-64(46-63)62-42-58(50-25-33-67(34-26-50)74(7,8)9)39-59(43-62)51-27-35-68(36-28-51)75(10,11)12/h13-47H,1-12H3. The maximum atomic E-state index is 5.26. The van der Waals surface area contributed by atoms with Crippen LogP contribution in [-0.2, 0) is 21.7 Å². The summed E-state index contributed by atoms with van der Waals surface area (Å²) < 4.78 is 0. The van der Waals surface area contributed by atoms with Gasteiger partial charge in [-0.1, -0.05) is 223 Å². The summed E-state index contributed by atoms with van der Waals surface area (Å²) in [6.07, 6.45) is 4.43. The molecule has 0 saturated carbocycles. The molecule has 1 aliphatic carbocycles. The lowest BCUT2D eigenvalue weighted by Gasteiger charge is -2.20. The Morgan fingerprint density at radius 2 is 0.513 bits per heavy atom. The Morgan fingerprint density at radius 3 is 0.855 bits per heavy atom. The Bertz CT molecular complexity index is 3500. The van der Waals surface area contributed by atoms with E-state index in [4.69, 9.17) is 4.98 Å². The van der Waals surface area contributed by atoms with E-state index in [1.54, 1.807) is 0 Å². The molecule has 1 aromatic heterocycles. The van der Waals surface area contributed by atoms with Crippen LogP contribution in [0.25, 0.3) is 112 Å². The normalized spacial score (nSPS) is 12.7. The van der Waals surface area contributed by atoms with Gasteiger partial charge in [-0.2, -0.15) is 0 Å². The minimum absolute atomic E-state index is 0.0550. The highest BCUT2D eigenvalue weighted by Gasteiger charge is 2.20. The number of rotatable bonds is 8. The van der Waals surface area contributed by atoms with Crippen LogP contribution in [0, 0.1) is 0 Å². The van der Waals surface area contributed by atoms with Gasteiger partial charge >= 0.3 is 0 Å². The molecule has 0 saturated heterocycles. The Kier molecular flexibility index (Phi) is 12.6. The second-order valence-electron chi connectivity index (χ2n) is 25.5. The summed E-state index contributed by atoms with van der Waals surface area (Å²) in [7, 11) is 0. The van der Waals surface area contributed by atoms with Gasteiger partial charge in [0.15, 0.2) is 0 Å². The van der Waals surface area contributed by atoms with E-state index in [0.717, 1.165) is 39.0 Å². The van der Waals surface area contributed by atoms with Gasteiger partial charge in [-0.15, -0.1) is 0 Å². The monoisotopic (exact) mass is 986 g/mol. The molecule has 11 rings (SSSR count). The first-order chi connectivity index (χ1) is 36.1. The zero-order chi connectivity index (χ0) is 53.3. The van der Waals surface area contributed by atoms with Crippen molar-refractivity contribution < 1.29 is 0 Å². The molecule has 0 unspecified atom stereocenters. The molecule has 0 radical (unpaired) electrons. The smallest absolute Gasteiger partial charge is 0.0721 e. The molecule has 76 heavy (non-hydrogen) atoms. The third kappa shape index (κ3) is 10.3. The van der Waals surface area contributed by atoms with Crippen molar-refractivity contribution in [3.05, 3.63) is 234 Å². The first-order valence-corrected chi connectivity index (χ1v) is 27.2. The first-order valence-electron chi connectivity index (χ1n) is 27.2. The van der Waals surface area contributed by atoms with Crippen LogP contribution in [0.1, 0.15) is 116 Å². The molecule has 0 spiro atoms. The number of pyridine rings is 1. The quantitative estimate of drug-likeness (QED) is 0.148. The van der Waals surface area contributed by atoms with E-state index < -0.39 is 0 Å². The van der Waals surface area contributed by atoms with E-state index in [9.17, 15) is 0 Å². The SMILES string of the molecule is CC(C)(C)c1ccc(-c2cc(-c3ccc(C(C)(C)C)cc3)cc(-c3cc(-c4cc(-c5ccc(C(C)(C)C)cc5)cc(-c5ccc(C(C)(C)C)cc5)c4)cc(-c4cccc(-c5cc6c7c(cccc7n5)C=C6)c4)c3)c2)cc1. The molecule has 1 heterocycles. The Balaban J connectivity index is 1.13. The van der Waals surface area contributed by atoms with Gasteiger partial charge in [-0.25, -0.2) is 4.98 Å². The Labute approximate surface area is 453 Å². The minimum atomic E-state index is 0.0550. The molecule has 0 bridgehead atoms. The van der Waals surface area contributed by atoms with Crippen molar-refractivity contribution in [2.24, 2.45) is 0 Å². The molecule has 0 amide bonds. The average Bonchev–Trinajstić information content (AvgIpc) is 3.84. The van der Waals surface area contributed by atoms with Crippen molar-refractivity contribution >= 4 is 23.1 Å². The predicted octanol–water partition coefficient (Wildman–Crippen LogP) is 21.2. The third-order valence-corrected chi connectivity index (χ3v) is 15.6. The summed E-state index contributed by atoms with van der Waals surface area (Å²) in [5, 5.41) is 1.23. The van der Waals surface area contributed by atoms with Crippen LogP contribution in [0.15, 0.2) is 200 Å². The molecule has 0 atom stereocenters. The number of benzene rings is 9. The van der Waals surface area contributed by atoms with Crippen LogP contribution >= 0.6 is 0 Å². The van der Waals surface area contributed by atoms with Crippen molar-refractivity contribution in [2.45, 2.75) is 105 Å². The second-order valence-corrected chi connectivity index (χ2v) is 25.5. The summed E-state index contributed by atoms with van der Waals surface area (Å²) in [6, 6.07) is 76.1. The molecule has 0 fully saturated rings. The molecule has 0 aliphatic heterocycles. The van der Waals surface area contributed by atoms with Gasteiger partial charge in [0, 0.05) is 10.9 Å². The highest BCUT2D eigenvalue weighted by atomic mass is 14.7. The van der Waals surface area contributed by atoms with Crippen LogP contribution in [0.4, 0.5) is 0 Å². The van der Waals surface area contributed by atoms with Gasteiger partial charge in [0.2, 0.25) is 0 Å². The topological polar surface area (TPSA) is 12.9 Å². The maximum Gasteiger partial charge on any atom is 0.0721 e. The zero-order valence-corrected chi connectivity index (χ0v) is 46.7. The highest BCUT2D eigenvalue weighted by molar-refractivity contribution is 6.04. The van der Waals surface area contributed by atoms with E-state index in [1.165, 1.54) is 94.4 Å². The third-order valence-electron chi connectivity index (χ3n) is 15.6. The van der Waals surface area contributed by atoms with E-state index in [1.807, 2.05) is 0 Å². The highest BCUT2D eigenvalue weighted by Crippen LogP contribution is 2.42. The summed E-state index contributed by atoms with van der Waals surface area (Å²) in [5.74, 6) is 0. The van der Waals surface area contributed by atoms with Gasteiger partial charge in [0.1, 0.15) is 0 Å². The second kappa shape index (κ2) is 19.1. The number of hydrogen-bond donors (Lipinski definition) is 0. The maximum absolute atomic E-state index is 5.26. The summed E-state index contributed by atoms with van der Waals surface area (Å²) in [5.41, 5.74) is 27.6. The van der Waals surface area contributed by atoms with E-state index in [0.29, 0.717) is 0 Å². The Hall–Kier alpha value is -7.87. The lowest BCUT2D eigenvalue weighted by atomic mass is 9.84. The molecule has 1 aliphatic rings. The largest absolute Gasteiger partial charge is 0.248 e. The van der Waals surface area contributed by atoms with Gasteiger partial charge < -0.3 is 0 Å². The Morgan fingerprint density at radius 1 is 0.237 bits per heavy atom. The summed E-state index contributed by atoms with van der Waals surface area (Å²) >= 11 is 0. The van der Waals surface area contributed by atoms with E-state index in [2.05, 4.69) is 295 Å². The fourth-order valence-electron chi connectivity index (χ4n) is 10.8. The van der Waals surface area contributed by atoms with Crippen LogP contribution < -0.4 is 0 Å². The molecule has 10 aromatic rings. The van der Waals surface area contributed by atoms with Crippen LogP contribution in [-0.4, -0.2) is 4.98 Å². The van der Waals surface area contributed by atoms with Gasteiger partial charge in [-0.05, 0) is 206 Å². The average molecular weight is 986 g/mol. The first kappa shape index (κ1) is 50.3. The van der Waals surface area contributed by atoms with E-state index in [-0.39, 0.29) is 21.7 Å². The summed E-state index contributed by atoms with van der Waals surface area (Å²) in [6.45, 7) is 27.4. The fourth-order valence-corrected chi connectivity index (χ4v) is 10.8. The molecule has 1 nitrogen and oxygen atoms in total. The molecule has 9 aromatic carbocycles. The van der Waals surface area contributed by atoms with Crippen molar-refractivity contribution in [2.75, 3.05) is 0 Å². The van der Waals surface area contributed by atoms with Crippen molar-refractivity contribution in [3.8, 4) is 89.1 Å². The van der Waals surface area contributed by atoms with Gasteiger partial charge in [0.05, 0.1) is 11.2 Å². The number of aromatic nitrogens is 1. The number of nitrogens with zero attached hydrogens (tertiary/aromatic N) is 1. The van der Waals surface area contributed by atoms with E-state index >= 15 is 0 Å². The van der Waals surface area contributed by atoms with Crippen LogP contribution in [0.5, 0.6) is 0 Å². The summed E-state index contributed by atoms with van der Waals surface area (Å²) in [4.78, 5) is 5.26. The zero-order valence-electron chi connectivity index (χ0n) is 46.7. The van der Waals surface area contributed by atoms with Crippen LogP contribution in [0.3, 0.4) is 0 Å². The van der Waals surface area contributed by atoms with Gasteiger partial charge in [-0.3, -0.25) is 0 Å². The molecule has 1 heteroatoms. The van der Waals surface area contributed by atoms with Crippen molar-refractivity contribution in [3.63, 3.8) is 0 Å². The molecular formula is C75H71N. The molecular weight excluding hydrogens is 915 g/mol.